The van der Waals surface area contributed by atoms with Crippen LogP contribution in [0.3, 0.4) is 0 Å². The van der Waals surface area contributed by atoms with Crippen LogP contribution >= 0.6 is 0 Å². The van der Waals surface area contributed by atoms with E-state index >= 15 is 0 Å². The highest BCUT2D eigenvalue weighted by Crippen LogP contribution is 2.22. The van der Waals surface area contributed by atoms with Crippen molar-refractivity contribution in [3.05, 3.63) is 51.7 Å². The van der Waals surface area contributed by atoms with E-state index in [9.17, 15) is 9.18 Å². The van der Waals surface area contributed by atoms with Crippen molar-refractivity contribution in [1.82, 2.24) is 9.97 Å². The molecule has 1 aromatic heterocycles. The summed E-state index contributed by atoms with van der Waals surface area (Å²) in [4.78, 5) is 18.8. The number of nitrogens with one attached hydrogen (secondary N) is 1. The Morgan fingerprint density at radius 3 is 2.47 bits per heavy atom. The van der Waals surface area contributed by atoms with Crippen LogP contribution in [0, 0.1) is 12.7 Å². The first-order chi connectivity index (χ1) is 8.77. The minimum atomic E-state index is -0.304. The normalized spacial score (nSPS) is 11.6. The molecule has 0 amide bonds. The lowest BCUT2D eigenvalue weighted by Gasteiger charge is -2.17. The first kappa shape index (κ1) is 13.5. The molecule has 0 radical (unpaired) electrons. The van der Waals surface area contributed by atoms with E-state index in [-0.39, 0.29) is 16.8 Å². The van der Waals surface area contributed by atoms with Gasteiger partial charge in [0, 0.05) is 17.0 Å². The largest absolute Gasteiger partial charge is 0.307 e. The fourth-order valence-electron chi connectivity index (χ4n) is 1.72. The van der Waals surface area contributed by atoms with Crippen molar-refractivity contribution in [2.24, 2.45) is 0 Å². The molecule has 0 saturated heterocycles. The zero-order valence-electron chi connectivity index (χ0n) is 11.5. The summed E-state index contributed by atoms with van der Waals surface area (Å²) < 4.78 is 13.6. The second-order valence-corrected chi connectivity index (χ2v) is 5.69. The molecule has 0 saturated carbocycles. The SMILES string of the molecule is Cc1ccc(-c2nc(C(C)(C)C)cc(=O)[nH]2)cc1F. The second-order valence-electron chi connectivity index (χ2n) is 5.69. The summed E-state index contributed by atoms with van der Waals surface area (Å²) in [5.74, 6) is 0.0950. The first-order valence-electron chi connectivity index (χ1n) is 6.16. The molecule has 1 heterocycles. The third-order valence-electron chi connectivity index (χ3n) is 2.96. The molecular weight excluding hydrogens is 243 g/mol. The molecule has 0 fully saturated rings. The van der Waals surface area contributed by atoms with Gasteiger partial charge in [-0.1, -0.05) is 32.9 Å². The molecule has 0 bridgehead atoms. The lowest BCUT2D eigenvalue weighted by atomic mass is 9.92. The predicted octanol–water partition coefficient (Wildman–Crippen LogP) is 3.18. The molecule has 0 atom stereocenters. The monoisotopic (exact) mass is 260 g/mol. The van der Waals surface area contributed by atoms with Crippen LogP contribution in [0.4, 0.5) is 4.39 Å². The van der Waals surface area contributed by atoms with Gasteiger partial charge in [0.2, 0.25) is 0 Å². The number of benzene rings is 1. The number of H-pyrrole nitrogens is 1. The highest BCUT2D eigenvalue weighted by atomic mass is 19.1. The van der Waals surface area contributed by atoms with E-state index in [2.05, 4.69) is 9.97 Å². The minimum absolute atomic E-state index is 0.226. The number of nitrogens with zero attached hydrogens (tertiary/aromatic N) is 1. The van der Waals surface area contributed by atoms with Gasteiger partial charge in [-0.05, 0) is 18.6 Å². The van der Waals surface area contributed by atoms with E-state index in [1.165, 1.54) is 12.1 Å². The lowest BCUT2D eigenvalue weighted by Crippen LogP contribution is -2.19. The number of hydrogen-bond acceptors (Lipinski definition) is 2. The minimum Gasteiger partial charge on any atom is -0.307 e. The Morgan fingerprint density at radius 2 is 1.89 bits per heavy atom. The highest BCUT2D eigenvalue weighted by Gasteiger charge is 2.17. The van der Waals surface area contributed by atoms with Gasteiger partial charge in [-0.2, -0.15) is 0 Å². The van der Waals surface area contributed by atoms with E-state index in [0.29, 0.717) is 22.6 Å². The quantitative estimate of drug-likeness (QED) is 0.856. The second kappa shape index (κ2) is 4.61. The molecule has 1 aromatic carbocycles. The molecule has 0 spiro atoms. The molecule has 2 rings (SSSR count). The topological polar surface area (TPSA) is 45.8 Å². The van der Waals surface area contributed by atoms with Crippen LogP contribution in [0.15, 0.2) is 29.1 Å². The van der Waals surface area contributed by atoms with Crippen molar-refractivity contribution in [1.29, 1.82) is 0 Å². The number of aromatic amines is 1. The van der Waals surface area contributed by atoms with Crippen LogP contribution in [0.1, 0.15) is 32.0 Å². The van der Waals surface area contributed by atoms with Crippen molar-refractivity contribution in [2.75, 3.05) is 0 Å². The first-order valence-corrected chi connectivity index (χ1v) is 6.16. The Bertz CT molecular complexity index is 669. The van der Waals surface area contributed by atoms with Crippen molar-refractivity contribution in [3.63, 3.8) is 0 Å². The summed E-state index contributed by atoms with van der Waals surface area (Å²) in [6, 6.07) is 6.30. The molecule has 0 aliphatic heterocycles. The van der Waals surface area contributed by atoms with E-state index in [1.807, 2.05) is 20.8 Å². The summed E-state index contributed by atoms with van der Waals surface area (Å²) in [7, 11) is 0. The van der Waals surface area contributed by atoms with Crippen molar-refractivity contribution >= 4 is 0 Å². The van der Waals surface area contributed by atoms with E-state index in [1.54, 1.807) is 19.1 Å². The Labute approximate surface area is 111 Å². The predicted molar refractivity (Wildman–Crippen MR) is 73.7 cm³/mol. The Morgan fingerprint density at radius 1 is 1.21 bits per heavy atom. The smallest absolute Gasteiger partial charge is 0.251 e. The Kier molecular flexibility index (Phi) is 3.27. The van der Waals surface area contributed by atoms with Gasteiger partial charge in [0.1, 0.15) is 11.6 Å². The average molecular weight is 260 g/mol. The maximum atomic E-state index is 13.6. The van der Waals surface area contributed by atoms with Crippen LogP contribution in [0.5, 0.6) is 0 Å². The molecule has 3 nitrogen and oxygen atoms in total. The summed E-state index contributed by atoms with van der Waals surface area (Å²) >= 11 is 0. The lowest BCUT2D eigenvalue weighted by molar-refractivity contribution is 0.566. The van der Waals surface area contributed by atoms with Gasteiger partial charge in [-0.3, -0.25) is 4.79 Å². The summed E-state index contributed by atoms with van der Waals surface area (Å²) in [5.41, 5.74) is 1.37. The van der Waals surface area contributed by atoms with E-state index < -0.39 is 0 Å². The number of aromatic nitrogens is 2. The Hall–Kier alpha value is -1.97. The molecule has 100 valence electrons. The van der Waals surface area contributed by atoms with Crippen LogP contribution in [-0.4, -0.2) is 9.97 Å². The van der Waals surface area contributed by atoms with Crippen molar-refractivity contribution < 1.29 is 4.39 Å². The number of aryl methyl sites for hydroxylation is 1. The highest BCUT2D eigenvalue weighted by molar-refractivity contribution is 5.55. The molecule has 4 heteroatoms. The molecule has 19 heavy (non-hydrogen) atoms. The van der Waals surface area contributed by atoms with Gasteiger partial charge in [-0.25, -0.2) is 9.37 Å². The Balaban J connectivity index is 2.59. The molecular formula is C15H17FN2O. The zero-order chi connectivity index (χ0) is 14.2. The van der Waals surface area contributed by atoms with Crippen molar-refractivity contribution in [2.45, 2.75) is 33.1 Å². The number of halogens is 1. The molecule has 0 aliphatic carbocycles. The van der Waals surface area contributed by atoms with Gasteiger partial charge in [-0.15, -0.1) is 0 Å². The summed E-state index contributed by atoms with van der Waals surface area (Å²) in [5, 5.41) is 0. The van der Waals surface area contributed by atoms with Gasteiger partial charge >= 0.3 is 0 Å². The van der Waals surface area contributed by atoms with Crippen LogP contribution in [0.25, 0.3) is 11.4 Å². The molecule has 2 aromatic rings. The van der Waals surface area contributed by atoms with Gasteiger partial charge in [0.25, 0.3) is 5.56 Å². The van der Waals surface area contributed by atoms with Crippen LogP contribution in [-0.2, 0) is 5.41 Å². The van der Waals surface area contributed by atoms with Crippen molar-refractivity contribution in [3.8, 4) is 11.4 Å². The van der Waals surface area contributed by atoms with E-state index in [4.69, 9.17) is 0 Å². The van der Waals surface area contributed by atoms with Crippen LogP contribution < -0.4 is 5.56 Å². The zero-order valence-corrected chi connectivity index (χ0v) is 11.5. The average Bonchev–Trinajstić information content (AvgIpc) is 2.31. The summed E-state index contributed by atoms with van der Waals surface area (Å²) in [6.07, 6.45) is 0. The third-order valence-corrected chi connectivity index (χ3v) is 2.96. The maximum Gasteiger partial charge on any atom is 0.251 e. The molecule has 0 unspecified atom stereocenters. The van der Waals surface area contributed by atoms with E-state index in [0.717, 1.165) is 0 Å². The maximum absolute atomic E-state index is 13.6. The number of rotatable bonds is 1. The number of hydrogen-bond donors (Lipinski definition) is 1. The standard InChI is InChI=1S/C15H17FN2O/c1-9-5-6-10(7-11(9)16)14-17-12(15(2,3)4)8-13(19)18-14/h5-8H,1-4H3,(H,17,18,19). The fourth-order valence-corrected chi connectivity index (χ4v) is 1.72. The van der Waals surface area contributed by atoms with Crippen LogP contribution in [0.2, 0.25) is 0 Å². The molecule has 0 aliphatic rings. The van der Waals surface area contributed by atoms with Gasteiger partial charge in [0.15, 0.2) is 0 Å². The molecule has 1 N–H and O–H groups in total. The summed E-state index contributed by atoms with van der Waals surface area (Å²) in [6.45, 7) is 7.64. The fraction of sp³-hybridized carbons (Fsp3) is 0.333. The van der Waals surface area contributed by atoms with Gasteiger partial charge < -0.3 is 4.98 Å². The third kappa shape index (κ3) is 2.89. The van der Waals surface area contributed by atoms with Gasteiger partial charge in [0.05, 0.1) is 5.69 Å².